The normalized spacial score (nSPS) is 16.4. The standard InChI is InChI=1S/C18H18N4O5S/c1-11-18(24)20-15-9-13(3-5-17(15)27-11)28(25,26)21-12-2-4-16-14(8-12)19-10-22(16)6-7-23/h2-5,8-11,21,23H,6-7H2,1H3,(H,20,24)/t11-/m0/s1. The number of ether oxygens (including phenoxy) is 1. The number of nitrogens with one attached hydrogen (secondary N) is 2. The molecule has 1 aliphatic rings. The van der Waals surface area contributed by atoms with Gasteiger partial charge in [-0.25, -0.2) is 13.4 Å². The van der Waals surface area contributed by atoms with Crippen molar-refractivity contribution in [2.45, 2.75) is 24.5 Å². The first-order valence-electron chi connectivity index (χ1n) is 8.57. The van der Waals surface area contributed by atoms with Crippen molar-refractivity contribution in [3.05, 3.63) is 42.7 Å². The Kier molecular flexibility index (Phi) is 4.44. The van der Waals surface area contributed by atoms with Gasteiger partial charge in [0.15, 0.2) is 6.10 Å². The topological polar surface area (TPSA) is 123 Å². The van der Waals surface area contributed by atoms with Crippen molar-refractivity contribution >= 4 is 38.3 Å². The lowest BCUT2D eigenvalue weighted by Gasteiger charge is -2.23. The minimum atomic E-state index is -3.88. The highest BCUT2D eigenvalue weighted by Crippen LogP contribution is 2.32. The molecule has 0 spiro atoms. The number of carbonyl (C=O) groups excluding carboxylic acids is 1. The molecule has 146 valence electrons. The molecule has 10 heteroatoms. The number of rotatable bonds is 5. The quantitative estimate of drug-likeness (QED) is 0.595. The number of hydrogen-bond acceptors (Lipinski definition) is 6. The SMILES string of the molecule is C[C@@H]1Oc2ccc(S(=O)(=O)Nc3ccc4c(c3)ncn4CCO)cc2NC1=O. The van der Waals surface area contributed by atoms with E-state index in [0.717, 1.165) is 5.52 Å². The lowest BCUT2D eigenvalue weighted by molar-refractivity contribution is -0.122. The third-order valence-electron chi connectivity index (χ3n) is 4.41. The number of aromatic nitrogens is 2. The molecule has 0 aliphatic carbocycles. The Morgan fingerprint density at radius 2 is 2.11 bits per heavy atom. The van der Waals surface area contributed by atoms with Gasteiger partial charge in [-0.15, -0.1) is 0 Å². The van der Waals surface area contributed by atoms with Crippen LogP contribution in [0.1, 0.15) is 6.92 Å². The van der Waals surface area contributed by atoms with E-state index in [9.17, 15) is 13.2 Å². The first-order chi connectivity index (χ1) is 13.4. The van der Waals surface area contributed by atoms with Crippen LogP contribution in [0.2, 0.25) is 0 Å². The molecule has 28 heavy (non-hydrogen) atoms. The molecular formula is C18H18N4O5S. The summed E-state index contributed by atoms with van der Waals surface area (Å²) in [6, 6.07) is 9.26. The number of anilines is 2. The number of imidazole rings is 1. The zero-order valence-corrected chi connectivity index (χ0v) is 15.7. The fourth-order valence-electron chi connectivity index (χ4n) is 2.98. The summed E-state index contributed by atoms with van der Waals surface area (Å²) in [6.45, 7) is 2.00. The van der Waals surface area contributed by atoms with Crippen LogP contribution in [0, 0.1) is 0 Å². The molecular weight excluding hydrogens is 384 g/mol. The van der Waals surface area contributed by atoms with Gasteiger partial charge >= 0.3 is 0 Å². The van der Waals surface area contributed by atoms with E-state index in [4.69, 9.17) is 9.84 Å². The molecule has 1 aromatic heterocycles. The van der Waals surface area contributed by atoms with Gasteiger partial charge in [0.2, 0.25) is 0 Å². The van der Waals surface area contributed by atoms with Crippen molar-refractivity contribution in [3.8, 4) is 5.75 Å². The van der Waals surface area contributed by atoms with Crippen molar-refractivity contribution in [2.24, 2.45) is 0 Å². The summed E-state index contributed by atoms with van der Waals surface area (Å²) in [5.74, 6) is 0.0841. The van der Waals surface area contributed by atoms with Crippen LogP contribution in [0.5, 0.6) is 5.75 Å². The molecule has 3 aromatic rings. The fourth-order valence-corrected chi connectivity index (χ4v) is 4.06. The van der Waals surface area contributed by atoms with Crippen molar-refractivity contribution in [1.82, 2.24) is 9.55 Å². The third-order valence-corrected chi connectivity index (χ3v) is 5.79. The first-order valence-corrected chi connectivity index (χ1v) is 10.1. The number of carbonyl (C=O) groups is 1. The molecule has 2 aromatic carbocycles. The molecule has 0 fully saturated rings. The summed E-state index contributed by atoms with van der Waals surface area (Å²) in [6.07, 6.45) is 0.956. The predicted octanol–water partition coefficient (Wildman–Crippen LogP) is 1.55. The number of nitrogens with zero attached hydrogens (tertiary/aromatic N) is 2. The van der Waals surface area contributed by atoms with E-state index in [-0.39, 0.29) is 17.4 Å². The Bertz CT molecular complexity index is 1170. The zero-order valence-electron chi connectivity index (χ0n) is 14.9. The fraction of sp³-hybridized carbons (Fsp3) is 0.222. The maximum absolute atomic E-state index is 12.8. The highest BCUT2D eigenvalue weighted by atomic mass is 32.2. The number of aliphatic hydroxyl groups excluding tert-OH is 1. The third kappa shape index (κ3) is 3.27. The van der Waals surface area contributed by atoms with Gasteiger partial charge in [0, 0.05) is 6.54 Å². The van der Waals surface area contributed by atoms with E-state index in [2.05, 4.69) is 15.0 Å². The van der Waals surface area contributed by atoms with Gasteiger partial charge < -0.3 is 19.7 Å². The minimum Gasteiger partial charge on any atom is -0.479 e. The number of hydrogen-bond donors (Lipinski definition) is 3. The smallest absolute Gasteiger partial charge is 0.265 e. The van der Waals surface area contributed by atoms with Crippen molar-refractivity contribution in [1.29, 1.82) is 0 Å². The molecule has 0 bridgehead atoms. The maximum atomic E-state index is 12.8. The second-order valence-corrected chi connectivity index (χ2v) is 8.06. The minimum absolute atomic E-state index is 0.00406. The largest absolute Gasteiger partial charge is 0.479 e. The van der Waals surface area contributed by atoms with E-state index >= 15 is 0 Å². The van der Waals surface area contributed by atoms with Crippen LogP contribution >= 0.6 is 0 Å². The van der Waals surface area contributed by atoms with Gasteiger partial charge in [0.05, 0.1) is 40.2 Å². The van der Waals surface area contributed by atoms with Gasteiger partial charge in [0.1, 0.15) is 5.75 Å². The summed E-state index contributed by atoms with van der Waals surface area (Å²) in [4.78, 5) is 16.0. The van der Waals surface area contributed by atoms with E-state index in [1.165, 1.54) is 18.2 Å². The molecule has 3 N–H and O–H groups in total. The Morgan fingerprint density at radius 1 is 1.29 bits per heavy atom. The van der Waals surface area contributed by atoms with E-state index in [1.54, 1.807) is 36.0 Å². The van der Waals surface area contributed by atoms with Crippen LogP contribution in [0.3, 0.4) is 0 Å². The summed E-state index contributed by atoms with van der Waals surface area (Å²) in [5, 5.41) is 11.7. The van der Waals surface area contributed by atoms with Crippen molar-refractivity contribution in [3.63, 3.8) is 0 Å². The first kappa shape index (κ1) is 18.3. The number of fused-ring (bicyclic) bond motifs is 2. The average Bonchev–Trinajstić information content (AvgIpc) is 3.04. The van der Waals surface area contributed by atoms with Gasteiger partial charge in [-0.3, -0.25) is 9.52 Å². The van der Waals surface area contributed by atoms with E-state index < -0.39 is 16.1 Å². The van der Waals surface area contributed by atoms with Gasteiger partial charge in [-0.2, -0.15) is 0 Å². The molecule has 0 saturated carbocycles. The lowest BCUT2D eigenvalue weighted by atomic mass is 10.2. The van der Waals surface area contributed by atoms with E-state index in [0.29, 0.717) is 29.2 Å². The molecule has 2 heterocycles. The number of aliphatic hydroxyl groups is 1. The highest BCUT2D eigenvalue weighted by molar-refractivity contribution is 7.92. The molecule has 1 amide bonds. The van der Waals surface area contributed by atoms with Gasteiger partial charge in [-0.1, -0.05) is 0 Å². The monoisotopic (exact) mass is 402 g/mol. The molecule has 0 saturated heterocycles. The molecule has 1 aliphatic heterocycles. The Balaban J connectivity index is 1.62. The van der Waals surface area contributed by atoms with Crippen molar-refractivity contribution in [2.75, 3.05) is 16.6 Å². The number of amides is 1. The Labute approximate surface area is 161 Å². The Morgan fingerprint density at radius 3 is 2.89 bits per heavy atom. The van der Waals surface area contributed by atoms with Gasteiger partial charge in [-0.05, 0) is 43.3 Å². The summed E-state index contributed by atoms with van der Waals surface area (Å²) in [5.41, 5.74) is 2.06. The second-order valence-electron chi connectivity index (χ2n) is 6.38. The van der Waals surface area contributed by atoms with Crippen LogP contribution in [0.4, 0.5) is 11.4 Å². The van der Waals surface area contributed by atoms with Crippen LogP contribution in [-0.2, 0) is 21.4 Å². The molecule has 1 atom stereocenters. The number of sulfonamides is 1. The summed E-state index contributed by atoms with van der Waals surface area (Å²) >= 11 is 0. The van der Waals surface area contributed by atoms with Crippen LogP contribution in [0.25, 0.3) is 11.0 Å². The second kappa shape index (κ2) is 6.80. The average molecular weight is 402 g/mol. The zero-order chi connectivity index (χ0) is 19.9. The maximum Gasteiger partial charge on any atom is 0.265 e. The summed E-state index contributed by atoms with van der Waals surface area (Å²) < 4.78 is 35.2. The number of benzene rings is 2. The summed E-state index contributed by atoms with van der Waals surface area (Å²) in [7, 11) is -3.88. The predicted molar refractivity (Wildman–Crippen MR) is 103 cm³/mol. The van der Waals surface area contributed by atoms with Crippen LogP contribution < -0.4 is 14.8 Å². The highest BCUT2D eigenvalue weighted by Gasteiger charge is 2.25. The Hall–Kier alpha value is -3.11. The van der Waals surface area contributed by atoms with Crippen LogP contribution in [-0.4, -0.2) is 41.7 Å². The molecule has 4 rings (SSSR count). The molecule has 9 nitrogen and oxygen atoms in total. The van der Waals surface area contributed by atoms with Crippen LogP contribution in [0.15, 0.2) is 47.6 Å². The molecule has 0 radical (unpaired) electrons. The van der Waals surface area contributed by atoms with E-state index in [1.807, 2.05) is 0 Å². The van der Waals surface area contributed by atoms with Crippen molar-refractivity contribution < 1.29 is 23.1 Å². The molecule has 0 unspecified atom stereocenters. The lowest BCUT2D eigenvalue weighted by Crippen LogP contribution is -2.34. The van der Waals surface area contributed by atoms with Gasteiger partial charge in [0.25, 0.3) is 15.9 Å².